The van der Waals surface area contributed by atoms with Gasteiger partial charge < -0.3 is 15.1 Å². The maximum atomic E-state index is 12.1. The fraction of sp³-hybridized carbons (Fsp3) is 0.263. The van der Waals surface area contributed by atoms with Gasteiger partial charge in [0.05, 0.1) is 12.1 Å². The van der Waals surface area contributed by atoms with Crippen molar-refractivity contribution in [2.24, 2.45) is 0 Å². The van der Waals surface area contributed by atoms with Crippen molar-refractivity contribution in [2.45, 2.75) is 27.3 Å². The number of hydrogen-bond donors (Lipinski definition) is 2. The lowest BCUT2D eigenvalue weighted by Crippen LogP contribution is -2.36. The number of pyridine rings is 1. The minimum Gasteiger partial charge on any atom is -0.466 e. The van der Waals surface area contributed by atoms with Gasteiger partial charge in [0.25, 0.3) is 5.91 Å². The third kappa shape index (κ3) is 4.41. The predicted molar refractivity (Wildman–Crippen MR) is 98.5 cm³/mol. The molecule has 8 nitrogen and oxygen atoms in total. The predicted octanol–water partition coefficient (Wildman–Crippen LogP) is 1.83. The van der Waals surface area contributed by atoms with E-state index in [0.717, 1.165) is 17.2 Å². The molecule has 0 fully saturated rings. The number of imidazole rings is 1. The number of nitrogens with one attached hydrogen (secondary N) is 2. The maximum absolute atomic E-state index is 12.1. The standard InChI is InChI=1S/C19H21N5O3/c1-12-8-16(13(2)27-12)19(26)23-11-18(25)22-10-15-4-5-21-17(9-15)24-7-6-20-14(24)3/h4-9H,10-11H2,1-3H3,(H,22,25)(H,23,26). The number of rotatable bonds is 6. The molecule has 0 aliphatic rings. The molecule has 3 aromatic heterocycles. The van der Waals surface area contributed by atoms with Crippen LogP contribution in [-0.4, -0.2) is 32.9 Å². The molecule has 27 heavy (non-hydrogen) atoms. The number of carbonyl (C=O) groups excluding carboxylic acids is 2. The third-order valence-electron chi connectivity index (χ3n) is 4.07. The van der Waals surface area contributed by atoms with E-state index in [-0.39, 0.29) is 18.4 Å². The Bertz CT molecular complexity index is 973. The van der Waals surface area contributed by atoms with Crippen molar-refractivity contribution in [1.29, 1.82) is 0 Å². The number of amides is 2. The molecular formula is C19H21N5O3. The van der Waals surface area contributed by atoms with Crippen LogP contribution in [0.5, 0.6) is 0 Å². The van der Waals surface area contributed by atoms with E-state index >= 15 is 0 Å². The Labute approximate surface area is 156 Å². The fourth-order valence-corrected chi connectivity index (χ4v) is 2.70. The van der Waals surface area contributed by atoms with Gasteiger partial charge in [-0.05, 0) is 44.5 Å². The zero-order valence-electron chi connectivity index (χ0n) is 15.4. The molecule has 0 saturated heterocycles. The van der Waals surface area contributed by atoms with Crippen LogP contribution < -0.4 is 10.6 Å². The van der Waals surface area contributed by atoms with Crippen LogP contribution in [0.3, 0.4) is 0 Å². The Balaban J connectivity index is 1.53. The van der Waals surface area contributed by atoms with Crippen molar-refractivity contribution in [3.63, 3.8) is 0 Å². The summed E-state index contributed by atoms with van der Waals surface area (Å²) in [6, 6.07) is 5.36. The summed E-state index contributed by atoms with van der Waals surface area (Å²) in [6.07, 6.45) is 5.22. The summed E-state index contributed by atoms with van der Waals surface area (Å²) in [5, 5.41) is 5.38. The van der Waals surface area contributed by atoms with E-state index in [4.69, 9.17) is 4.42 Å². The molecule has 2 amide bonds. The SMILES string of the molecule is Cc1cc(C(=O)NCC(=O)NCc2ccnc(-n3ccnc3C)c2)c(C)o1. The number of nitrogens with zero attached hydrogens (tertiary/aromatic N) is 3. The average Bonchev–Trinajstić information content (AvgIpc) is 3.22. The maximum Gasteiger partial charge on any atom is 0.255 e. The lowest BCUT2D eigenvalue weighted by molar-refractivity contribution is -0.120. The summed E-state index contributed by atoms with van der Waals surface area (Å²) >= 11 is 0. The first-order valence-electron chi connectivity index (χ1n) is 8.51. The molecule has 0 aliphatic carbocycles. The van der Waals surface area contributed by atoms with Crippen LogP contribution in [0.25, 0.3) is 5.82 Å². The number of furan rings is 1. The summed E-state index contributed by atoms with van der Waals surface area (Å²) in [5.74, 6) is 2.14. The van der Waals surface area contributed by atoms with E-state index in [9.17, 15) is 9.59 Å². The zero-order chi connectivity index (χ0) is 19.4. The largest absolute Gasteiger partial charge is 0.466 e. The van der Waals surface area contributed by atoms with Crippen LogP contribution in [-0.2, 0) is 11.3 Å². The normalized spacial score (nSPS) is 10.6. The topological polar surface area (TPSA) is 102 Å². The highest BCUT2D eigenvalue weighted by Crippen LogP contribution is 2.13. The second-order valence-corrected chi connectivity index (χ2v) is 6.15. The molecule has 2 N–H and O–H groups in total. The molecular weight excluding hydrogens is 346 g/mol. The molecule has 0 atom stereocenters. The Morgan fingerprint density at radius 1 is 1.11 bits per heavy atom. The van der Waals surface area contributed by atoms with Crippen LogP contribution >= 0.6 is 0 Å². The van der Waals surface area contributed by atoms with E-state index in [2.05, 4.69) is 20.6 Å². The fourth-order valence-electron chi connectivity index (χ4n) is 2.70. The highest BCUT2D eigenvalue weighted by molar-refractivity contribution is 5.97. The average molecular weight is 367 g/mol. The molecule has 0 aliphatic heterocycles. The lowest BCUT2D eigenvalue weighted by Gasteiger charge is -2.09. The first-order chi connectivity index (χ1) is 12.9. The van der Waals surface area contributed by atoms with E-state index in [1.807, 2.05) is 29.8 Å². The van der Waals surface area contributed by atoms with Gasteiger partial charge in [-0.15, -0.1) is 0 Å². The van der Waals surface area contributed by atoms with Gasteiger partial charge in [-0.1, -0.05) is 0 Å². The van der Waals surface area contributed by atoms with Crippen molar-refractivity contribution in [2.75, 3.05) is 6.54 Å². The highest BCUT2D eigenvalue weighted by Gasteiger charge is 2.14. The summed E-state index contributed by atoms with van der Waals surface area (Å²) < 4.78 is 7.19. The Morgan fingerprint density at radius 3 is 2.59 bits per heavy atom. The van der Waals surface area contributed by atoms with Crippen molar-refractivity contribution < 1.29 is 14.0 Å². The monoisotopic (exact) mass is 367 g/mol. The molecule has 0 unspecified atom stereocenters. The quantitative estimate of drug-likeness (QED) is 0.692. The van der Waals surface area contributed by atoms with Crippen LogP contribution in [0.2, 0.25) is 0 Å². The van der Waals surface area contributed by atoms with Crippen LogP contribution in [0, 0.1) is 20.8 Å². The summed E-state index contributed by atoms with van der Waals surface area (Å²) in [6.45, 7) is 5.60. The molecule has 0 radical (unpaired) electrons. The molecule has 0 spiro atoms. The van der Waals surface area contributed by atoms with Crippen LogP contribution in [0.4, 0.5) is 0 Å². The van der Waals surface area contributed by atoms with Crippen LogP contribution in [0.15, 0.2) is 41.2 Å². The molecule has 140 valence electrons. The molecule has 3 heterocycles. The second kappa shape index (κ2) is 7.86. The van der Waals surface area contributed by atoms with Gasteiger partial charge >= 0.3 is 0 Å². The summed E-state index contributed by atoms with van der Waals surface area (Å²) in [4.78, 5) is 32.6. The highest BCUT2D eigenvalue weighted by atomic mass is 16.3. The van der Waals surface area contributed by atoms with Crippen molar-refractivity contribution >= 4 is 11.8 Å². The number of carbonyl (C=O) groups is 2. The summed E-state index contributed by atoms with van der Waals surface area (Å²) in [5.41, 5.74) is 1.34. The first-order valence-corrected chi connectivity index (χ1v) is 8.51. The minimum atomic E-state index is -0.332. The molecule has 0 aromatic carbocycles. The Morgan fingerprint density at radius 2 is 1.93 bits per heavy atom. The molecule has 0 saturated carbocycles. The van der Waals surface area contributed by atoms with Gasteiger partial charge in [0.15, 0.2) is 0 Å². The summed E-state index contributed by atoms with van der Waals surface area (Å²) in [7, 11) is 0. The molecule has 0 bridgehead atoms. The molecule has 3 rings (SSSR count). The van der Waals surface area contributed by atoms with Crippen molar-refractivity contribution in [3.05, 3.63) is 65.3 Å². The van der Waals surface area contributed by atoms with E-state index in [1.54, 1.807) is 32.3 Å². The number of aryl methyl sites for hydroxylation is 3. The van der Waals surface area contributed by atoms with E-state index < -0.39 is 0 Å². The lowest BCUT2D eigenvalue weighted by atomic mass is 10.2. The van der Waals surface area contributed by atoms with Gasteiger partial charge in [-0.25, -0.2) is 9.97 Å². The zero-order valence-corrected chi connectivity index (χ0v) is 15.4. The number of hydrogen-bond acceptors (Lipinski definition) is 5. The van der Waals surface area contributed by atoms with Gasteiger partial charge in [0.2, 0.25) is 5.91 Å². The minimum absolute atomic E-state index is 0.110. The van der Waals surface area contributed by atoms with Gasteiger partial charge in [-0.2, -0.15) is 0 Å². The molecule has 3 aromatic rings. The first kappa shape index (κ1) is 18.4. The van der Waals surface area contributed by atoms with Crippen LogP contribution in [0.1, 0.15) is 33.3 Å². The van der Waals surface area contributed by atoms with E-state index in [0.29, 0.717) is 23.6 Å². The van der Waals surface area contributed by atoms with Gasteiger partial charge in [-0.3, -0.25) is 14.2 Å². The van der Waals surface area contributed by atoms with E-state index in [1.165, 1.54) is 0 Å². The Kier molecular flexibility index (Phi) is 5.35. The molecule has 8 heteroatoms. The smallest absolute Gasteiger partial charge is 0.255 e. The van der Waals surface area contributed by atoms with Crippen molar-refractivity contribution in [3.8, 4) is 5.82 Å². The van der Waals surface area contributed by atoms with Gasteiger partial charge in [0, 0.05) is 25.1 Å². The van der Waals surface area contributed by atoms with Gasteiger partial charge in [0.1, 0.15) is 23.2 Å². The second-order valence-electron chi connectivity index (χ2n) is 6.15. The number of aromatic nitrogens is 3. The van der Waals surface area contributed by atoms with Crippen molar-refractivity contribution in [1.82, 2.24) is 25.2 Å². The third-order valence-corrected chi connectivity index (χ3v) is 4.07. The Hall–Kier alpha value is -3.42.